The summed E-state index contributed by atoms with van der Waals surface area (Å²) in [5.74, 6) is 3.58. The van der Waals surface area contributed by atoms with E-state index in [1.807, 2.05) is 33.8 Å². The SMILES string of the molecule is C#CCCC[C@H](CCC)Oc1cc(O[C@@H](C)[C@@H](C)C[C@@H](F)CNC)nc(-c2cc(C(C)(C)c3c(F)cccc3P)on2)n1. The van der Waals surface area contributed by atoms with Crippen LogP contribution in [0.5, 0.6) is 11.8 Å². The van der Waals surface area contributed by atoms with Gasteiger partial charge in [0.15, 0.2) is 11.5 Å². The van der Waals surface area contributed by atoms with Gasteiger partial charge in [0.05, 0.1) is 11.5 Å². The molecule has 0 bridgehead atoms. The average Bonchev–Trinajstić information content (AvgIpc) is 3.45. The van der Waals surface area contributed by atoms with Crippen molar-refractivity contribution in [2.24, 2.45) is 5.92 Å². The van der Waals surface area contributed by atoms with Gasteiger partial charge in [-0.2, -0.15) is 9.97 Å². The van der Waals surface area contributed by atoms with Crippen molar-refractivity contribution in [2.75, 3.05) is 13.6 Å². The molecule has 2 aromatic heterocycles. The van der Waals surface area contributed by atoms with Gasteiger partial charge in [0.25, 0.3) is 0 Å². The van der Waals surface area contributed by atoms with Crippen molar-refractivity contribution >= 4 is 14.5 Å². The van der Waals surface area contributed by atoms with Crippen LogP contribution in [-0.2, 0) is 5.41 Å². The fourth-order valence-corrected chi connectivity index (χ4v) is 5.64. The van der Waals surface area contributed by atoms with E-state index in [4.69, 9.17) is 20.4 Å². The fourth-order valence-electron chi connectivity index (χ4n) is 5.03. The smallest absolute Gasteiger partial charge is 0.221 e. The molecule has 3 aromatic rings. The Kier molecular flexibility index (Phi) is 12.9. The number of aromatic nitrogens is 3. The number of benzene rings is 1. The molecule has 0 fully saturated rings. The van der Waals surface area contributed by atoms with E-state index in [2.05, 4.69) is 42.5 Å². The van der Waals surface area contributed by atoms with Crippen molar-refractivity contribution < 1.29 is 22.8 Å². The third kappa shape index (κ3) is 9.45. The molecule has 3 rings (SSSR count). The molecule has 1 aromatic carbocycles. The molecular formula is C33H45F2N4O3P. The monoisotopic (exact) mass is 614 g/mol. The Morgan fingerprint density at radius 1 is 1.14 bits per heavy atom. The molecule has 7 nitrogen and oxygen atoms in total. The molecular weight excluding hydrogens is 569 g/mol. The van der Waals surface area contributed by atoms with E-state index in [1.54, 1.807) is 25.2 Å². The average molecular weight is 615 g/mol. The molecule has 0 radical (unpaired) electrons. The van der Waals surface area contributed by atoms with Gasteiger partial charge in [0, 0.05) is 24.6 Å². The van der Waals surface area contributed by atoms with E-state index in [-0.39, 0.29) is 42.2 Å². The maximum Gasteiger partial charge on any atom is 0.221 e. The number of alkyl halides is 1. The number of ether oxygens (including phenoxy) is 2. The highest BCUT2D eigenvalue weighted by atomic mass is 31.0. The van der Waals surface area contributed by atoms with Gasteiger partial charge in [0.2, 0.25) is 11.8 Å². The number of nitrogens with zero attached hydrogens (tertiary/aromatic N) is 3. The van der Waals surface area contributed by atoms with Crippen LogP contribution < -0.4 is 20.1 Å². The first-order valence-corrected chi connectivity index (χ1v) is 15.5. The van der Waals surface area contributed by atoms with Gasteiger partial charge in [-0.15, -0.1) is 21.6 Å². The summed E-state index contributed by atoms with van der Waals surface area (Å²) in [6.07, 6.45) is 8.44. The van der Waals surface area contributed by atoms with Crippen LogP contribution in [0, 0.1) is 24.1 Å². The first-order valence-electron chi connectivity index (χ1n) is 15.0. The minimum Gasteiger partial charge on any atom is -0.474 e. The van der Waals surface area contributed by atoms with Crippen molar-refractivity contribution in [1.82, 2.24) is 20.4 Å². The summed E-state index contributed by atoms with van der Waals surface area (Å²) in [7, 11) is 4.31. The standard InChI is InChI=1S/C33H45F2N4O3P/c1-8-10-11-14-24(13-9-2)41-30-19-29(40-22(4)21(3)17-23(34)20-36-7)37-32(38-30)26-18-28(42-39-26)33(5,6)31-25(35)15-12-16-27(31)43/h1,12,15-16,18-19,21-24,36H,9-11,13-14,17,20,43H2,2-7H3/t21-,22-,23+,24-/m0/s1. The molecule has 1 N–H and O–H groups in total. The Morgan fingerprint density at radius 2 is 1.86 bits per heavy atom. The van der Waals surface area contributed by atoms with Crippen molar-refractivity contribution in [3.05, 3.63) is 47.5 Å². The highest BCUT2D eigenvalue weighted by Crippen LogP contribution is 2.35. The summed E-state index contributed by atoms with van der Waals surface area (Å²) in [5.41, 5.74) is 0.0224. The van der Waals surface area contributed by atoms with Crippen LogP contribution in [0.15, 0.2) is 34.9 Å². The van der Waals surface area contributed by atoms with Gasteiger partial charge >= 0.3 is 0 Å². The van der Waals surface area contributed by atoms with E-state index in [1.165, 1.54) is 6.07 Å². The van der Waals surface area contributed by atoms with Crippen LogP contribution in [0.2, 0.25) is 0 Å². The lowest BCUT2D eigenvalue weighted by Gasteiger charge is -2.24. The molecule has 2 heterocycles. The molecule has 0 aliphatic carbocycles. The second kappa shape index (κ2) is 16.1. The fraction of sp³-hybridized carbons (Fsp3) is 0.545. The van der Waals surface area contributed by atoms with Gasteiger partial charge in [-0.1, -0.05) is 37.6 Å². The van der Waals surface area contributed by atoms with Crippen LogP contribution in [0.4, 0.5) is 8.78 Å². The van der Waals surface area contributed by atoms with Gasteiger partial charge < -0.3 is 19.3 Å². The summed E-state index contributed by atoms with van der Waals surface area (Å²) in [4.78, 5) is 9.29. The van der Waals surface area contributed by atoms with Gasteiger partial charge in [0.1, 0.15) is 30.0 Å². The van der Waals surface area contributed by atoms with Gasteiger partial charge in [-0.25, -0.2) is 8.78 Å². The lowest BCUT2D eigenvalue weighted by molar-refractivity contribution is 0.124. The zero-order valence-corrected chi connectivity index (χ0v) is 27.3. The highest BCUT2D eigenvalue weighted by molar-refractivity contribution is 7.27. The normalized spacial score (nSPS) is 14.5. The second-order valence-corrected chi connectivity index (χ2v) is 12.2. The molecule has 0 saturated carbocycles. The summed E-state index contributed by atoms with van der Waals surface area (Å²) in [6, 6.07) is 8.30. The summed E-state index contributed by atoms with van der Waals surface area (Å²) < 4.78 is 47.5. The number of rotatable bonds is 17. The lowest BCUT2D eigenvalue weighted by Crippen LogP contribution is -2.28. The zero-order chi connectivity index (χ0) is 31.6. The second-order valence-electron chi connectivity index (χ2n) is 11.6. The molecule has 10 heteroatoms. The predicted molar refractivity (Wildman–Crippen MR) is 170 cm³/mol. The molecule has 43 heavy (non-hydrogen) atoms. The third-order valence-corrected chi connectivity index (χ3v) is 8.09. The van der Waals surface area contributed by atoms with Crippen LogP contribution in [0.25, 0.3) is 11.5 Å². The first kappa shape index (κ1) is 34.4. The number of halogens is 2. The maximum atomic E-state index is 14.9. The van der Waals surface area contributed by atoms with Gasteiger partial charge in [-0.3, -0.25) is 0 Å². The van der Waals surface area contributed by atoms with Crippen LogP contribution >= 0.6 is 9.24 Å². The Labute approximate surface area is 257 Å². The summed E-state index contributed by atoms with van der Waals surface area (Å²) in [5, 5.41) is 7.85. The maximum absolute atomic E-state index is 14.9. The zero-order valence-electron chi connectivity index (χ0n) is 26.1. The van der Waals surface area contributed by atoms with Crippen LogP contribution in [0.1, 0.15) is 84.5 Å². The molecule has 0 aliphatic heterocycles. The summed E-state index contributed by atoms with van der Waals surface area (Å²) >= 11 is 0. The Morgan fingerprint density at radius 3 is 2.51 bits per heavy atom. The van der Waals surface area contributed by atoms with E-state index in [9.17, 15) is 8.78 Å². The predicted octanol–water partition coefficient (Wildman–Crippen LogP) is 6.80. The Balaban J connectivity index is 1.96. The number of hydrogen-bond acceptors (Lipinski definition) is 7. The number of terminal acetylenes is 1. The Bertz CT molecular complexity index is 1340. The lowest BCUT2D eigenvalue weighted by atomic mass is 9.81. The van der Waals surface area contributed by atoms with Crippen molar-refractivity contribution in [3.8, 4) is 35.6 Å². The van der Waals surface area contributed by atoms with E-state index >= 15 is 0 Å². The molecule has 0 aliphatic rings. The Hall–Kier alpha value is -3.08. The van der Waals surface area contributed by atoms with Crippen LogP contribution in [-0.4, -0.2) is 47.1 Å². The van der Waals surface area contributed by atoms with Crippen LogP contribution in [0.3, 0.4) is 0 Å². The highest BCUT2D eigenvalue weighted by Gasteiger charge is 2.33. The first-order chi connectivity index (χ1) is 20.5. The molecule has 5 atom stereocenters. The minimum atomic E-state index is -0.989. The van der Waals surface area contributed by atoms with Crippen molar-refractivity contribution in [3.63, 3.8) is 0 Å². The number of hydrogen-bond donors (Lipinski definition) is 1. The van der Waals surface area contributed by atoms with E-state index in [0.717, 1.165) is 31.0 Å². The topological polar surface area (TPSA) is 82.3 Å². The van der Waals surface area contributed by atoms with E-state index in [0.29, 0.717) is 35.7 Å². The number of unbranched alkanes of at least 4 members (excludes halogenated alkanes) is 1. The largest absolute Gasteiger partial charge is 0.474 e. The molecule has 234 valence electrons. The quantitative estimate of drug-likeness (QED) is 0.102. The number of nitrogens with one attached hydrogen (secondary N) is 1. The summed E-state index contributed by atoms with van der Waals surface area (Å²) in [6.45, 7) is 9.97. The van der Waals surface area contributed by atoms with Crippen molar-refractivity contribution in [1.29, 1.82) is 0 Å². The molecule has 0 amide bonds. The van der Waals surface area contributed by atoms with Gasteiger partial charge in [-0.05, 0) is 70.8 Å². The van der Waals surface area contributed by atoms with Crippen molar-refractivity contribution in [2.45, 2.75) is 96.9 Å². The molecule has 0 spiro atoms. The molecule has 0 saturated heterocycles. The van der Waals surface area contributed by atoms with E-state index < -0.39 is 11.6 Å². The third-order valence-electron chi connectivity index (χ3n) is 7.61. The minimum absolute atomic E-state index is 0.0796. The molecule has 1 unspecified atom stereocenters.